The fraction of sp³-hybridized carbons (Fsp3) is 0.222. The monoisotopic (exact) mass is 328 g/mol. The summed E-state index contributed by atoms with van der Waals surface area (Å²) in [4.78, 5) is 23.8. The van der Waals surface area contributed by atoms with E-state index < -0.39 is 11.8 Å². The van der Waals surface area contributed by atoms with Gasteiger partial charge in [0, 0.05) is 5.56 Å². The minimum Gasteiger partial charge on any atom is -0.494 e. The highest BCUT2D eigenvalue weighted by atomic mass is 16.5. The Labute approximate surface area is 140 Å². The number of aryl methyl sites for hydroxylation is 1. The van der Waals surface area contributed by atoms with Gasteiger partial charge in [0.05, 0.1) is 6.61 Å². The zero-order valence-corrected chi connectivity index (χ0v) is 13.7. The second-order valence-corrected chi connectivity index (χ2v) is 5.02. The van der Waals surface area contributed by atoms with E-state index in [9.17, 15) is 9.59 Å². The number of para-hydroxylation sites is 1. The maximum Gasteiger partial charge on any atom is 0.276 e. The smallest absolute Gasteiger partial charge is 0.276 e. The van der Waals surface area contributed by atoms with Crippen LogP contribution in [0.25, 0.3) is 0 Å². The molecule has 0 saturated carbocycles. The first-order valence-corrected chi connectivity index (χ1v) is 7.60. The van der Waals surface area contributed by atoms with Crippen molar-refractivity contribution < 1.29 is 19.1 Å². The van der Waals surface area contributed by atoms with E-state index in [-0.39, 0.29) is 6.61 Å². The molecule has 0 aliphatic rings. The van der Waals surface area contributed by atoms with Gasteiger partial charge in [0.15, 0.2) is 6.61 Å². The number of hydrazine groups is 1. The number of carbonyl (C=O) groups excluding carboxylic acids is 2. The SMILES string of the molecule is CCOc1cccc(C(=O)NNC(=O)COc2ccccc2C)c1. The van der Waals surface area contributed by atoms with E-state index in [1.54, 1.807) is 30.3 Å². The molecule has 0 aliphatic heterocycles. The highest BCUT2D eigenvalue weighted by molar-refractivity contribution is 5.95. The molecule has 0 aliphatic carbocycles. The second kappa shape index (κ2) is 8.57. The molecule has 6 nitrogen and oxygen atoms in total. The average Bonchev–Trinajstić information content (AvgIpc) is 2.59. The molecule has 0 spiro atoms. The molecule has 0 radical (unpaired) electrons. The normalized spacial score (nSPS) is 9.92. The molecule has 0 bridgehead atoms. The van der Waals surface area contributed by atoms with Gasteiger partial charge in [-0.2, -0.15) is 0 Å². The number of amides is 2. The van der Waals surface area contributed by atoms with Crippen LogP contribution in [0, 0.1) is 6.92 Å². The number of ether oxygens (including phenoxy) is 2. The summed E-state index contributed by atoms with van der Waals surface area (Å²) in [6, 6.07) is 14.1. The van der Waals surface area contributed by atoms with Gasteiger partial charge in [-0.05, 0) is 43.7 Å². The third kappa shape index (κ3) is 5.01. The number of nitrogens with one attached hydrogen (secondary N) is 2. The standard InChI is InChI=1S/C18H20N2O4/c1-3-23-15-9-6-8-14(11-15)18(22)20-19-17(21)12-24-16-10-5-4-7-13(16)2/h4-11H,3,12H2,1-2H3,(H,19,21)(H,20,22). The number of benzene rings is 2. The van der Waals surface area contributed by atoms with Gasteiger partial charge in [-0.25, -0.2) is 0 Å². The van der Waals surface area contributed by atoms with E-state index in [2.05, 4.69) is 10.9 Å². The fourth-order valence-electron chi connectivity index (χ4n) is 1.99. The molecule has 126 valence electrons. The largest absolute Gasteiger partial charge is 0.494 e. The van der Waals surface area contributed by atoms with Crippen LogP contribution in [0.3, 0.4) is 0 Å². The van der Waals surface area contributed by atoms with E-state index in [1.165, 1.54) is 0 Å². The lowest BCUT2D eigenvalue weighted by Crippen LogP contribution is -2.43. The van der Waals surface area contributed by atoms with Crippen LogP contribution in [0.15, 0.2) is 48.5 Å². The molecule has 24 heavy (non-hydrogen) atoms. The Bertz CT molecular complexity index is 716. The summed E-state index contributed by atoms with van der Waals surface area (Å²) in [5, 5.41) is 0. The number of carbonyl (C=O) groups is 2. The Hall–Kier alpha value is -3.02. The molecule has 0 saturated heterocycles. The molecule has 2 aromatic carbocycles. The molecule has 2 aromatic rings. The summed E-state index contributed by atoms with van der Waals surface area (Å²) in [6.07, 6.45) is 0. The van der Waals surface area contributed by atoms with Crippen molar-refractivity contribution >= 4 is 11.8 Å². The molecule has 0 aromatic heterocycles. The molecule has 2 rings (SSSR count). The first-order valence-electron chi connectivity index (χ1n) is 7.60. The van der Waals surface area contributed by atoms with Crippen LogP contribution in [0.1, 0.15) is 22.8 Å². The van der Waals surface area contributed by atoms with Crippen molar-refractivity contribution in [3.63, 3.8) is 0 Å². The average molecular weight is 328 g/mol. The third-order valence-corrected chi connectivity index (χ3v) is 3.18. The quantitative estimate of drug-likeness (QED) is 0.797. The van der Waals surface area contributed by atoms with E-state index >= 15 is 0 Å². The van der Waals surface area contributed by atoms with Gasteiger partial charge in [-0.1, -0.05) is 24.3 Å². The lowest BCUT2D eigenvalue weighted by Gasteiger charge is -2.10. The predicted octanol–water partition coefficient (Wildman–Crippen LogP) is 2.23. The van der Waals surface area contributed by atoms with Gasteiger partial charge in [0.1, 0.15) is 11.5 Å². The predicted molar refractivity (Wildman–Crippen MR) is 89.9 cm³/mol. The lowest BCUT2D eigenvalue weighted by molar-refractivity contribution is -0.123. The van der Waals surface area contributed by atoms with Crippen LogP contribution in [0.2, 0.25) is 0 Å². The summed E-state index contributed by atoms with van der Waals surface area (Å²) in [6.45, 7) is 4.07. The van der Waals surface area contributed by atoms with Gasteiger partial charge in [0.25, 0.3) is 11.8 Å². The molecule has 0 heterocycles. The second-order valence-electron chi connectivity index (χ2n) is 5.02. The molecule has 6 heteroatoms. The Morgan fingerprint density at radius 3 is 2.54 bits per heavy atom. The van der Waals surface area contributed by atoms with E-state index in [0.717, 1.165) is 5.56 Å². The van der Waals surface area contributed by atoms with Crippen molar-refractivity contribution in [1.82, 2.24) is 10.9 Å². The minimum atomic E-state index is -0.451. The minimum absolute atomic E-state index is 0.190. The van der Waals surface area contributed by atoms with Crippen molar-refractivity contribution in [3.05, 3.63) is 59.7 Å². The van der Waals surface area contributed by atoms with Crippen molar-refractivity contribution in [3.8, 4) is 11.5 Å². The van der Waals surface area contributed by atoms with Gasteiger partial charge in [-0.15, -0.1) is 0 Å². The maximum atomic E-state index is 12.0. The Kier molecular flexibility index (Phi) is 6.19. The van der Waals surface area contributed by atoms with Gasteiger partial charge >= 0.3 is 0 Å². The molecule has 0 atom stereocenters. The number of hydrogen-bond donors (Lipinski definition) is 2. The van der Waals surface area contributed by atoms with Crippen LogP contribution >= 0.6 is 0 Å². The maximum absolute atomic E-state index is 12.0. The third-order valence-electron chi connectivity index (χ3n) is 3.18. The van der Waals surface area contributed by atoms with Crippen molar-refractivity contribution in [2.24, 2.45) is 0 Å². The molecule has 0 fully saturated rings. The molecule has 2 N–H and O–H groups in total. The van der Waals surface area contributed by atoms with Crippen molar-refractivity contribution in [1.29, 1.82) is 0 Å². The zero-order valence-electron chi connectivity index (χ0n) is 13.7. The van der Waals surface area contributed by atoms with E-state index in [4.69, 9.17) is 9.47 Å². The molecule has 0 unspecified atom stereocenters. The lowest BCUT2D eigenvalue weighted by atomic mass is 10.2. The topological polar surface area (TPSA) is 76.7 Å². The first-order chi connectivity index (χ1) is 11.6. The molecular formula is C18H20N2O4. The van der Waals surface area contributed by atoms with E-state index in [1.807, 2.05) is 32.0 Å². The first kappa shape index (κ1) is 17.3. The van der Waals surface area contributed by atoms with Crippen LogP contribution in [-0.4, -0.2) is 25.0 Å². The van der Waals surface area contributed by atoms with Gasteiger partial charge in [0.2, 0.25) is 0 Å². The summed E-state index contributed by atoms with van der Waals surface area (Å²) in [5.74, 6) is 0.344. The van der Waals surface area contributed by atoms with Gasteiger partial charge < -0.3 is 9.47 Å². The van der Waals surface area contributed by atoms with Crippen molar-refractivity contribution in [2.75, 3.05) is 13.2 Å². The number of hydrogen-bond acceptors (Lipinski definition) is 4. The Morgan fingerprint density at radius 2 is 1.79 bits per heavy atom. The summed E-state index contributed by atoms with van der Waals surface area (Å²) in [5.41, 5.74) is 5.99. The summed E-state index contributed by atoms with van der Waals surface area (Å²) in [7, 11) is 0. The highest BCUT2D eigenvalue weighted by Gasteiger charge is 2.09. The Morgan fingerprint density at radius 1 is 1.00 bits per heavy atom. The van der Waals surface area contributed by atoms with Crippen LogP contribution in [0.4, 0.5) is 0 Å². The van der Waals surface area contributed by atoms with Gasteiger partial charge in [-0.3, -0.25) is 20.4 Å². The highest BCUT2D eigenvalue weighted by Crippen LogP contribution is 2.15. The molecular weight excluding hydrogens is 308 g/mol. The van der Waals surface area contributed by atoms with Crippen LogP contribution < -0.4 is 20.3 Å². The summed E-state index contributed by atoms with van der Waals surface area (Å²) < 4.78 is 10.7. The number of rotatable bonds is 6. The fourth-order valence-corrected chi connectivity index (χ4v) is 1.99. The van der Waals surface area contributed by atoms with Crippen LogP contribution in [0.5, 0.6) is 11.5 Å². The van der Waals surface area contributed by atoms with Crippen LogP contribution in [-0.2, 0) is 4.79 Å². The summed E-state index contributed by atoms with van der Waals surface area (Å²) >= 11 is 0. The Balaban J connectivity index is 1.82. The molecule has 2 amide bonds. The van der Waals surface area contributed by atoms with Crippen molar-refractivity contribution in [2.45, 2.75) is 13.8 Å². The zero-order chi connectivity index (χ0) is 17.4. The van der Waals surface area contributed by atoms with E-state index in [0.29, 0.717) is 23.7 Å².